The molecule has 0 spiro atoms. The number of ether oxygens (including phenoxy) is 3. The van der Waals surface area contributed by atoms with Gasteiger partial charge in [-0.15, -0.1) is 0 Å². The minimum absolute atomic E-state index is 0.0312. The van der Waals surface area contributed by atoms with E-state index in [2.05, 4.69) is 5.32 Å². The molecule has 2 aromatic rings. The molecule has 0 aromatic heterocycles. The summed E-state index contributed by atoms with van der Waals surface area (Å²) in [4.78, 5) is 67.1. The Morgan fingerprint density at radius 2 is 1.57 bits per heavy atom. The second-order valence-electron chi connectivity index (χ2n) is 16.7. The summed E-state index contributed by atoms with van der Waals surface area (Å²) >= 11 is 0. The zero-order valence-electron chi connectivity index (χ0n) is 32.1. The number of carbonyl (C=O) groups is 5. The summed E-state index contributed by atoms with van der Waals surface area (Å²) in [6.07, 6.45) is -8.58. The fourth-order valence-electron chi connectivity index (χ4n) is 9.92. The van der Waals surface area contributed by atoms with E-state index in [0.29, 0.717) is 5.56 Å². The highest BCUT2D eigenvalue weighted by atomic mass is 16.6. The standard InChI is InChI=1S/C42H51NO13/c1-22-19-41(52)20-26(23(2)31(39(41,3)4)33(48)36(49)40(5)27(44)18-28-42(53,21-54-28)35(22)40)55-38(51)34(56-30(47)17-16-29(45)46)32(24-12-8-6-9-13-24)43-37(50)25-14-10-7-11-15-25/h6-15,22,26-28,32-35,44,48,52-53H,16-21H2,1-5H3,(H,43,50)(H,45,46)/t22?,26?,27?,28?,32?,33?,34?,35?,40-,41?,42+/m1/s1. The zero-order valence-corrected chi connectivity index (χ0v) is 32.1. The van der Waals surface area contributed by atoms with Crippen molar-refractivity contribution < 1.29 is 63.7 Å². The lowest BCUT2D eigenvalue weighted by Gasteiger charge is -2.62. The number of amides is 1. The number of aliphatic hydroxyl groups excluding tert-OH is 2. The Kier molecular flexibility index (Phi) is 11.1. The number of carbonyl (C=O) groups excluding carboxylic acids is 4. The minimum atomic E-state index is -1.89. The molecule has 14 nitrogen and oxygen atoms in total. The minimum Gasteiger partial charge on any atom is -0.481 e. The van der Waals surface area contributed by atoms with Gasteiger partial charge in [0.05, 0.1) is 42.7 Å². The van der Waals surface area contributed by atoms with E-state index in [9.17, 15) is 49.5 Å². The molecular weight excluding hydrogens is 726 g/mol. The largest absolute Gasteiger partial charge is 0.481 e. The maximum absolute atomic E-state index is 14.6. The van der Waals surface area contributed by atoms with E-state index in [1.807, 2.05) is 0 Å². The first-order valence-corrected chi connectivity index (χ1v) is 19.0. The van der Waals surface area contributed by atoms with Crippen LogP contribution in [-0.2, 0) is 33.4 Å². The molecule has 2 bridgehead atoms. The van der Waals surface area contributed by atoms with Crippen LogP contribution in [-0.4, -0.2) is 103 Å². The van der Waals surface area contributed by atoms with Crippen molar-refractivity contribution >= 4 is 29.6 Å². The quantitative estimate of drug-likeness (QED) is 0.151. The van der Waals surface area contributed by atoms with Gasteiger partial charge in [-0.2, -0.15) is 0 Å². The van der Waals surface area contributed by atoms with E-state index >= 15 is 0 Å². The summed E-state index contributed by atoms with van der Waals surface area (Å²) in [5.41, 5.74) is -5.30. The number of ketones is 1. The Balaban J connectivity index is 1.41. The van der Waals surface area contributed by atoms with Crippen molar-refractivity contribution in [1.29, 1.82) is 0 Å². The molecule has 0 radical (unpaired) electrons. The van der Waals surface area contributed by atoms with E-state index < -0.39 is 113 Å². The summed E-state index contributed by atoms with van der Waals surface area (Å²) in [5.74, 6) is -6.39. The number of Topliss-reactive ketones (excluding diaryl/α,β-unsaturated/α-hetero) is 1. The highest BCUT2D eigenvalue weighted by Crippen LogP contribution is 2.61. The molecule has 6 N–H and O–H groups in total. The van der Waals surface area contributed by atoms with Gasteiger partial charge in [-0.3, -0.25) is 19.2 Å². The second-order valence-corrected chi connectivity index (χ2v) is 16.7. The van der Waals surface area contributed by atoms with Crippen LogP contribution in [0.25, 0.3) is 0 Å². The number of hydrogen-bond donors (Lipinski definition) is 6. The number of fused-ring (bicyclic) bond motifs is 5. The van der Waals surface area contributed by atoms with E-state index in [1.54, 1.807) is 88.4 Å². The van der Waals surface area contributed by atoms with Crippen molar-refractivity contribution in [2.45, 2.75) is 114 Å². The van der Waals surface area contributed by atoms with Crippen LogP contribution in [0.15, 0.2) is 71.8 Å². The fraction of sp³-hybridized carbons (Fsp3) is 0.548. The number of aliphatic carboxylic acids is 1. The van der Waals surface area contributed by atoms with Crippen molar-refractivity contribution in [2.75, 3.05) is 6.61 Å². The Morgan fingerprint density at radius 1 is 0.946 bits per heavy atom. The highest BCUT2D eigenvalue weighted by molar-refractivity contribution is 5.95. The van der Waals surface area contributed by atoms with Crippen LogP contribution in [0.4, 0.5) is 0 Å². The normalized spacial score (nSPS) is 34.5. The summed E-state index contributed by atoms with van der Waals surface area (Å²) < 4.78 is 17.4. The van der Waals surface area contributed by atoms with Gasteiger partial charge in [-0.05, 0) is 55.0 Å². The molecule has 3 fully saturated rings. The smallest absolute Gasteiger partial charge is 0.350 e. The lowest BCUT2D eigenvalue weighted by Crippen LogP contribution is -2.75. The number of esters is 2. The molecule has 9 unspecified atom stereocenters. The van der Waals surface area contributed by atoms with Crippen LogP contribution in [0.1, 0.15) is 88.7 Å². The summed E-state index contributed by atoms with van der Waals surface area (Å²) in [6.45, 7) is 8.15. The van der Waals surface area contributed by atoms with E-state index in [0.717, 1.165) is 0 Å². The average Bonchev–Trinajstić information content (AvgIpc) is 3.15. The van der Waals surface area contributed by atoms with Crippen LogP contribution in [0, 0.1) is 22.7 Å². The molecule has 11 atom stereocenters. The van der Waals surface area contributed by atoms with Crippen LogP contribution < -0.4 is 5.32 Å². The van der Waals surface area contributed by atoms with Crippen molar-refractivity contribution in [1.82, 2.24) is 5.32 Å². The van der Waals surface area contributed by atoms with Crippen molar-refractivity contribution in [2.24, 2.45) is 22.7 Å². The van der Waals surface area contributed by atoms with E-state index in [-0.39, 0.29) is 42.6 Å². The first-order valence-electron chi connectivity index (χ1n) is 19.0. The lowest BCUT2D eigenvalue weighted by atomic mass is 9.50. The Bertz CT molecular complexity index is 1900. The number of carboxylic acids is 1. The first kappa shape index (κ1) is 41.2. The predicted molar refractivity (Wildman–Crippen MR) is 197 cm³/mol. The number of carboxylic acid groups (broad SMARTS) is 1. The molecule has 1 amide bonds. The number of hydrogen-bond acceptors (Lipinski definition) is 12. The number of rotatable bonds is 10. The average molecular weight is 778 g/mol. The summed E-state index contributed by atoms with van der Waals surface area (Å²) in [6, 6.07) is 15.0. The molecule has 1 aliphatic heterocycles. The van der Waals surface area contributed by atoms with Crippen LogP contribution in [0.2, 0.25) is 0 Å². The van der Waals surface area contributed by atoms with Gasteiger partial charge in [-0.1, -0.05) is 69.3 Å². The van der Waals surface area contributed by atoms with Crippen molar-refractivity contribution in [3.63, 3.8) is 0 Å². The highest BCUT2D eigenvalue weighted by Gasteiger charge is 2.71. The third kappa shape index (κ3) is 6.95. The lowest BCUT2D eigenvalue weighted by molar-refractivity contribution is -0.323. The summed E-state index contributed by atoms with van der Waals surface area (Å²) in [7, 11) is 0. The van der Waals surface area contributed by atoms with Crippen molar-refractivity contribution in [3.8, 4) is 0 Å². The molecule has 3 aliphatic carbocycles. The zero-order chi connectivity index (χ0) is 41.0. The van der Waals surface area contributed by atoms with E-state index in [1.165, 1.54) is 6.92 Å². The predicted octanol–water partition coefficient (Wildman–Crippen LogP) is 2.81. The topological polar surface area (TPSA) is 226 Å². The Hall–Kier alpha value is -4.47. The van der Waals surface area contributed by atoms with Gasteiger partial charge >= 0.3 is 17.9 Å². The molecule has 302 valence electrons. The molecule has 2 aromatic carbocycles. The van der Waals surface area contributed by atoms with Crippen LogP contribution in [0.5, 0.6) is 0 Å². The SMILES string of the molecule is CC1=C2C(O)C(=O)[C@]3(C)C(O)CC4OC[C@@]4(O)C3C(C)CC(O)(CC1OC(=O)C(OC(=O)CCC(=O)O)C(NC(=O)c1ccccc1)c1ccccc1)C2(C)C. The Morgan fingerprint density at radius 3 is 2.16 bits per heavy atom. The molecule has 6 rings (SSSR count). The second kappa shape index (κ2) is 15.1. The molecule has 2 saturated carbocycles. The molecule has 4 aliphatic rings. The van der Waals surface area contributed by atoms with Gasteiger partial charge in [-0.25, -0.2) is 4.79 Å². The van der Waals surface area contributed by atoms with Crippen LogP contribution >= 0.6 is 0 Å². The number of benzene rings is 2. The molecule has 1 saturated heterocycles. The van der Waals surface area contributed by atoms with Gasteiger partial charge in [0.15, 0.2) is 5.78 Å². The first-order chi connectivity index (χ1) is 26.3. The molecular formula is C42H51NO13. The van der Waals surface area contributed by atoms with Gasteiger partial charge < -0.3 is 45.1 Å². The maximum Gasteiger partial charge on any atom is 0.350 e. The molecule has 56 heavy (non-hydrogen) atoms. The monoisotopic (exact) mass is 777 g/mol. The van der Waals surface area contributed by atoms with Crippen LogP contribution in [0.3, 0.4) is 0 Å². The third-order valence-electron chi connectivity index (χ3n) is 13.0. The molecule has 1 heterocycles. The number of aliphatic hydroxyl groups is 4. The van der Waals surface area contributed by atoms with Gasteiger partial charge in [0.1, 0.15) is 23.9 Å². The summed E-state index contributed by atoms with van der Waals surface area (Å²) in [5, 5.41) is 60.2. The van der Waals surface area contributed by atoms with Crippen molar-refractivity contribution in [3.05, 3.63) is 82.9 Å². The van der Waals surface area contributed by atoms with Gasteiger partial charge in [0.2, 0.25) is 6.10 Å². The molecule has 14 heteroatoms. The van der Waals surface area contributed by atoms with Gasteiger partial charge in [0, 0.05) is 29.7 Å². The number of nitrogens with one attached hydrogen (secondary N) is 1. The Labute approximate surface area is 324 Å². The fourth-order valence-corrected chi connectivity index (χ4v) is 9.92. The van der Waals surface area contributed by atoms with E-state index in [4.69, 9.17) is 14.2 Å². The van der Waals surface area contributed by atoms with Gasteiger partial charge in [0.25, 0.3) is 5.91 Å². The maximum atomic E-state index is 14.6. The third-order valence-corrected chi connectivity index (χ3v) is 13.0.